The first-order valence-corrected chi connectivity index (χ1v) is 9.51. The van der Waals surface area contributed by atoms with Crippen molar-refractivity contribution in [1.29, 1.82) is 0 Å². The molecule has 0 bridgehead atoms. The van der Waals surface area contributed by atoms with Crippen LogP contribution in [0.4, 0.5) is 17.1 Å². The predicted molar refractivity (Wildman–Crippen MR) is 116 cm³/mol. The van der Waals surface area contributed by atoms with Crippen LogP contribution in [-0.4, -0.2) is 16.7 Å². The average molecular weight is 470 g/mol. The van der Waals surface area contributed by atoms with Crippen molar-refractivity contribution in [3.63, 3.8) is 0 Å². The van der Waals surface area contributed by atoms with Crippen molar-refractivity contribution in [2.24, 2.45) is 0 Å². The molecule has 0 fully saturated rings. The van der Waals surface area contributed by atoms with Crippen molar-refractivity contribution in [2.45, 2.75) is 6.92 Å². The molecule has 2 amide bonds. The van der Waals surface area contributed by atoms with Crippen LogP contribution in [0.5, 0.6) is 11.5 Å². The van der Waals surface area contributed by atoms with Crippen molar-refractivity contribution < 1.29 is 19.2 Å². The van der Waals surface area contributed by atoms with E-state index in [0.29, 0.717) is 17.0 Å². The Labute approximate surface area is 180 Å². The minimum Gasteiger partial charge on any atom is -0.457 e. The molecule has 0 aliphatic heterocycles. The highest BCUT2D eigenvalue weighted by molar-refractivity contribution is 9.10. The van der Waals surface area contributed by atoms with Crippen LogP contribution in [0.1, 0.15) is 17.3 Å². The first-order chi connectivity index (χ1) is 14.3. The van der Waals surface area contributed by atoms with Crippen molar-refractivity contribution in [1.82, 2.24) is 0 Å². The standard InChI is InChI=1S/C21H16BrN3O5/c1-13(26)23-16-6-8-19(9-7-16)30-20-11-17(10-18(12-20)25(28)29)24-21(27)14-2-4-15(22)5-3-14/h2-12H,1H3,(H,23,26)(H,24,27). The minimum atomic E-state index is -0.567. The third kappa shape index (κ3) is 5.65. The molecule has 8 nitrogen and oxygen atoms in total. The molecular weight excluding hydrogens is 454 g/mol. The summed E-state index contributed by atoms with van der Waals surface area (Å²) in [5.74, 6) is -0.0144. The van der Waals surface area contributed by atoms with Crippen LogP contribution in [0.15, 0.2) is 71.2 Å². The number of nitro benzene ring substituents is 1. The quantitative estimate of drug-likeness (QED) is 0.372. The number of nitrogens with zero attached hydrogens (tertiary/aromatic N) is 1. The van der Waals surface area contributed by atoms with Crippen molar-refractivity contribution in [3.8, 4) is 11.5 Å². The third-order valence-electron chi connectivity index (χ3n) is 3.88. The van der Waals surface area contributed by atoms with E-state index in [2.05, 4.69) is 26.6 Å². The molecule has 0 unspecified atom stereocenters. The van der Waals surface area contributed by atoms with Gasteiger partial charge >= 0.3 is 0 Å². The summed E-state index contributed by atoms with van der Waals surface area (Å²) in [5.41, 5.74) is 0.993. The Kier molecular flexibility index (Phi) is 6.43. The smallest absolute Gasteiger partial charge is 0.275 e. The molecule has 0 aliphatic rings. The fourth-order valence-electron chi connectivity index (χ4n) is 2.57. The SMILES string of the molecule is CC(=O)Nc1ccc(Oc2cc(NC(=O)c3ccc(Br)cc3)cc([N+](=O)[O-])c2)cc1. The van der Waals surface area contributed by atoms with E-state index in [1.165, 1.54) is 25.1 Å². The van der Waals surface area contributed by atoms with Crippen LogP contribution in [0.25, 0.3) is 0 Å². The van der Waals surface area contributed by atoms with Gasteiger partial charge in [-0.05, 0) is 48.5 Å². The molecule has 0 atom stereocenters. The molecule has 0 saturated carbocycles. The molecule has 3 aromatic rings. The fraction of sp³-hybridized carbons (Fsp3) is 0.0476. The van der Waals surface area contributed by atoms with Gasteiger partial charge in [0.2, 0.25) is 5.91 Å². The number of anilines is 2. The summed E-state index contributed by atoms with van der Waals surface area (Å²) in [4.78, 5) is 34.2. The highest BCUT2D eigenvalue weighted by Gasteiger charge is 2.14. The second kappa shape index (κ2) is 9.19. The summed E-state index contributed by atoms with van der Waals surface area (Å²) < 4.78 is 6.53. The number of hydrogen-bond acceptors (Lipinski definition) is 5. The first kappa shape index (κ1) is 21.0. The molecule has 0 aromatic heterocycles. The van der Waals surface area contributed by atoms with E-state index in [1.54, 1.807) is 48.5 Å². The number of hydrogen-bond donors (Lipinski definition) is 2. The van der Waals surface area contributed by atoms with Gasteiger partial charge < -0.3 is 15.4 Å². The summed E-state index contributed by atoms with van der Waals surface area (Å²) in [6.45, 7) is 1.40. The van der Waals surface area contributed by atoms with Gasteiger partial charge in [0, 0.05) is 34.8 Å². The largest absolute Gasteiger partial charge is 0.457 e. The zero-order valence-corrected chi connectivity index (χ0v) is 17.3. The monoisotopic (exact) mass is 469 g/mol. The first-order valence-electron chi connectivity index (χ1n) is 8.72. The number of carbonyl (C=O) groups excluding carboxylic acids is 2. The summed E-state index contributed by atoms with van der Waals surface area (Å²) in [5, 5.41) is 16.6. The Balaban J connectivity index is 1.82. The number of nitro groups is 1. The second-order valence-corrected chi connectivity index (χ2v) is 7.16. The number of amides is 2. The number of benzene rings is 3. The van der Waals surface area contributed by atoms with Crippen LogP contribution in [0, 0.1) is 10.1 Å². The third-order valence-corrected chi connectivity index (χ3v) is 4.41. The van der Waals surface area contributed by atoms with Gasteiger partial charge in [0.25, 0.3) is 11.6 Å². The molecule has 0 saturated heterocycles. The van der Waals surface area contributed by atoms with Gasteiger partial charge in [-0.3, -0.25) is 19.7 Å². The highest BCUT2D eigenvalue weighted by Crippen LogP contribution is 2.30. The van der Waals surface area contributed by atoms with Crippen LogP contribution in [0.3, 0.4) is 0 Å². The Morgan fingerprint density at radius 2 is 1.57 bits per heavy atom. The number of non-ortho nitro benzene ring substituents is 1. The zero-order chi connectivity index (χ0) is 21.7. The van der Waals surface area contributed by atoms with Gasteiger partial charge in [0.1, 0.15) is 11.5 Å². The molecule has 30 heavy (non-hydrogen) atoms. The lowest BCUT2D eigenvalue weighted by Crippen LogP contribution is -2.12. The summed E-state index contributed by atoms with van der Waals surface area (Å²) >= 11 is 3.30. The van der Waals surface area contributed by atoms with Crippen LogP contribution in [0.2, 0.25) is 0 Å². The van der Waals surface area contributed by atoms with Crippen LogP contribution < -0.4 is 15.4 Å². The molecule has 3 rings (SSSR count). The number of rotatable bonds is 6. The summed E-state index contributed by atoms with van der Waals surface area (Å²) in [6, 6.07) is 17.2. The molecule has 3 aromatic carbocycles. The van der Waals surface area contributed by atoms with Gasteiger partial charge in [-0.25, -0.2) is 0 Å². The van der Waals surface area contributed by atoms with E-state index in [4.69, 9.17) is 4.74 Å². The molecule has 152 valence electrons. The molecule has 0 radical (unpaired) electrons. The predicted octanol–water partition coefficient (Wildman–Crippen LogP) is 5.36. The Morgan fingerprint density at radius 3 is 2.17 bits per heavy atom. The van der Waals surface area contributed by atoms with Gasteiger partial charge in [-0.1, -0.05) is 15.9 Å². The topological polar surface area (TPSA) is 111 Å². The maximum Gasteiger partial charge on any atom is 0.275 e. The van der Waals surface area contributed by atoms with E-state index in [9.17, 15) is 19.7 Å². The highest BCUT2D eigenvalue weighted by atomic mass is 79.9. The maximum absolute atomic E-state index is 12.4. The molecular formula is C21H16BrN3O5. The van der Waals surface area contributed by atoms with E-state index in [0.717, 1.165) is 4.47 Å². The van der Waals surface area contributed by atoms with Gasteiger partial charge in [-0.2, -0.15) is 0 Å². The maximum atomic E-state index is 12.4. The lowest BCUT2D eigenvalue weighted by molar-refractivity contribution is -0.384. The van der Waals surface area contributed by atoms with E-state index >= 15 is 0 Å². The zero-order valence-electron chi connectivity index (χ0n) is 15.7. The van der Waals surface area contributed by atoms with Crippen LogP contribution >= 0.6 is 15.9 Å². The molecule has 9 heteroatoms. The van der Waals surface area contributed by atoms with Crippen LogP contribution in [-0.2, 0) is 4.79 Å². The Morgan fingerprint density at radius 1 is 0.900 bits per heavy atom. The molecule has 0 aliphatic carbocycles. The number of ether oxygens (including phenoxy) is 1. The summed E-state index contributed by atoms with van der Waals surface area (Å²) in [7, 11) is 0. The lowest BCUT2D eigenvalue weighted by Gasteiger charge is -2.10. The Bertz CT molecular complexity index is 1100. The van der Waals surface area contributed by atoms with Gasteiger partial charge in [0.15, 0.2) is 0 Å². The van der Waals surface area contributed by atoms with E-state index in [1.807, 2.05) is 0 Å². The number of carbonyl (C=O) groups is 2. The Hall–Kier alpha value is -3.72. The molecule has 2 N–H and O–H groups in total. The average Bonchev–Trinajstić information content (AvgIpc) is 2.69. The second-order valence-electron chi connectivity index (χ2n) is 6.24. The van der Waals surface area contributed by atoms with E-state index < -0.39 is 10.8 Å². The normalized spacial score (nSPS) is 10.2. The fourth-order valence-corrected chi connectivity index (χ4v) is 2.83. The van der Waals surface area contributed by atoms with Crippen molar-refractivity contribution >= 4 is 44.8 Å². The van der Waals surface area contributed by atoms with Gasteiger partial charge in [0.05, 0.1) is 16.7 Å². The summed E-state index contributed by atoms with van der Waals surface area (Å²) in [6.07, 6.45) is 0. The molecule has 0 heterocycles. The lowest BCUT2D eigenvalue weighted by atomic mass is 10.2. The van der Waals surface area contributed by atoms with Crippen molar-refractivity contribution in [3.05, 3.63) is 86.9 Å². The minimum absolute atomic E-state index is 0.183. The van der Waals surface area contributed by atoms with Gasteiger partial charge in [-0.15, -0.1) is 0 Å². The van der Waals surface area contributed by atoms with E-state index in [-0.39, 0.29) is 23.0 Å². The molecule has 0 spiro atoms. The number of nitrogens with one attached hydrogen (secondary N) is 2. The number of halogens is 1. The van der Waals surface area contributed by atoms with Crippen molar-refractivity contribution in [2.75, 3.05) is 10.6 Å².